The Hall–Kier alpha value is -0.150. The molecule has 0 unspecified atom stereocenters. The van der Waals surface area contributed by atoms with Crippen LogP contribution in [0.4, 0.5) is 4.39 Å². The first-order valence-electron chi connectivity index (χ1n) is 3.81. The van der Waals surface area contributed by atoms with Gasteiger partial charge in [-0.2, -0.15) is 0 Å². The van der Waals surface area contributed by atoms with Crippen molar-refractivity contribution < 1.29 is 4.39 Å². The molecule has 1 fully saturated rings. The monoisotopic (exact) mass is 146 g/mol. The van der Waals surface area contributed by atoms with Gasteiger partial charge in [0.1, 0.15) is 6.17 Å². The van der Waals surface area contributed by atoms with Crippen molar-refractivity contribution in [3.63, 3.8) is 0 Å². The predicted octanol–water partition coefficient (Wildman–Crippen LogP) is 0.294. The SMILES string of the molecule is CC(C)N[C@H]1CNC[C@H]1F. The van der Waals surface area contributed by atoms with Crippen LogP contribution in [0.2, 0.25) is 0 Å². The number of nitrogens with one attached hydrogen (secondary N) is 2. The highest BCUT2D eigenvalue weighted by Crippen LogP contribution is 2.04. The predicted molar refractivity (Wildman–Crippen MR) is 39.8 cm³/mol. The largest absolute Gasteiger partial charge is 0.312 e. The van der Waals surface area contributed by atoms with E-state index in [0.717, 1.165) is 6.54 Å². The molecule has 2 nitrogen and oxygen atoms in total. The second kappa shape index (κ2) is 3.30. The van der Waals surface area contributed by atoms with Gasteiger partial charge in [0.25, 0.3) is 0 Å². The van der Waals surface area contributed by atoms with Gasteiger partial charge >= 0.3 is 0 Å². The van der Waals surface area contributed by atoms with E-state index in [1.54, 1.807) is 0 Å². The Labute approximate surface area is 61.2 Å². The average Bonchev–Trinajstić information content (AvgIpc) is 2.15. The first-order valence-corrected chi connectivity index (χ1v) is 3.81. The molecule has 1 aliphatic heterocycles. The summed E-state index contributed by atoms with van der Waals surface area (Å²) in [5, 5.41) is 6.14. The molecule has 0 spiro atoms. The molecule has 2 N–H and O–H groups in total. The Morgan fingerprint density at radius 2 is 2.20 bits per heavy atom. The van der Waals surface area contributed by atoms with Crippen LogP contribution >= 0.6 is 0 Å². The molecule has 60 valence electrons. The number of rotatable bonds is 2. The second-order valence-corrected chi connectivity index (χ2v) is 3.10. The first kappa shape index (κ1) is 7.95. The molecule has 1 aliphatic rings. The summed E-state index contributed by atoms with van der Waals surface area (Å²) < 4.78 is 12.8. The summed E-state index contributed by atoms with van der Waals surface area (Å²) >= 11 is 0. The fourth-order valence-corrected chi connectivity index (χ4v) is 1.24. The molecule has 0 saturated carbocycles. The van der Waals surface area contributed by atoms with Crippen molar-refractivity contribution in [3.8, 4) is 0 Å². The zero-order valence-electron chi connectivity index (χ0n) is 6.52. The highest BCUT2D eigenvalue weighted by Gasteiger charge is 2.26. The van der Waals surface area contributed by atoms with E-state index in [0.29, 0.717) is 12.6 Å². The third kappa shape index (κ3) is 1.92. The Morgan fingerprint density at radius 3 is 2.60 bits per heavy atom. The summed E-state index contributed by atoms with van der Waals surface area (Å²) in [6.07, 6.45) is -0.706. The van der Waals surface area contributed by atoms with Gasteiger partial charge in [0.15, 0.2) is 0 Å². The Balaban J connectivity index is 2.26. The van der Waals surface area contributed by atoms with Gasteiger partial charge in [-0.3, -0.25) is 0 Å². The van der Waals surface area contributed by atoms with E-state index < -0.39 is 6.17 Å². The minimum Gasteiger partial charge on any atom is -0.312 e. The lowest BCUT2D eigenvalue weighted by atomic mass is 10.2. The number of hydrogen-bond acceptors (Lipinski definition) is 2. The van der Waals surface area contributed by atoms with Crippen molar-refractivity contribution in [3.05, 3.63) is 0 Å². The molecule has 3 heteroatoms. The van der Waals surface area contributed by atoms with Gasteiger partial charge in [-0.05, 0) is 0 Å². The van der Waals surface area contributed by atoms with E-state index in [9.17, 15) is 4.39 Å². The van der Waals surface area contributed by atoms with E-state index >= 15 is 0 Å². The van der Waals surface area contributed by atoms with Gasteiger partial charge in [-0.1, -0.05) is 13.8 Å². The molecule has 0 bridgehead atoms. The van der Waals surface area contributed by atoms with Gasteiger partial charge in [-0.15, -0.1) is 0 Å². The summed E-state index contributed by atoms with van der Waals surface area (Å²) in [6.45, 7) is 5.33. The molecule has 10 heavy (non-hydrogen) atoms. The Morgan fingerprint density at radius 1 is 1.50 bits per heavy atom. The molecule has 1 rings (SSSR count). The molecular formula is C7H15FN2. The van der Waals surface area contributed by atoms with E-state index in [4.69, 9.17) is 0 Å². The van der Waals surface area contributed by atoms with Crippen molar-refractivity contribution in [2.75, 3.05) is 13.1 Å². The normalized spacial score (nSPS) is 33.6. The highest BCUT2D eigenvalue weighted by molar-refractivity contribution is 4.87. The van der Waals surface area contributed by atoms with Gasteiger partial charge in [0, 0.05) is 19.1 Å². The molecule has 0 aromatic heterocycles. The molecule has 2 atom stereocenters. The van der Waals surface area contributed by atoms with Crippen LogP contribution in [-0.4, -0.2) is 31.3 Å². The van der Waals surface area contributed by atoms with Crippen LogP contribution in [0.1, 0.15) is 13.8 Å². The molecule has 0 aromatic carbocycles. The Kier molecular flexibility index (Phi) is 2.63. The van der Waals surface area contributed by atoms with Gasteiger partial charge in [-0.25, -0.2) is 4.39 Å². The third-order valence-electron chi connectivity index (χ3n) is 1.69. The van der Waals surface area contributed by atoms with Crippen LogP contribution in [0.3, 0.4) is 0 Å². The van der Waals surface area contributed by atoms with Gasteiger partial charge in [0.2, 0.25) is 0 Å². The van der Waals surface area contributed by atoms with Crippen LogP contribution in [0.15, 0.2) is 0 Å². The molecule has 0 aromatic rings. The number of alkyl halides is 1. The lowest BCUT2D eigenvalue weighted by Gasteiger charge is -2.16. The lowest BCUT2D eigenvalue weighted by Crippen LogP contribution is -2.41. The molecule has 0 amide bonds. The lowest BCUT2D eigenvalue weighted by molar-refractivity contribution is 0.288. The quantitative estimate of drug-likeness (QED) is 0.585. The molecule has 0 aliphatic carbocycles. The number of halogens is 1. The van der Waals surface area contributed by atoms with Crippen molar-refractivity contribution in [1.29, 1.82) is 0 Å². The van der Waals surface area contributed by atoms with Crippen molar-refractivity contribution in [1.82, 2.24) is 10.6 Å². The minimum atomic E-state index is -0.706. The van der Waals surface area contributed by atoms with E-state index in [1.807, 2.05) is 13.8 Å². The van der Waals surface area contributed by atoms with Gasteiger partial charge < -0.3 is 10.6 Å². The fraction of sp³-hybridized carbons (Fsp3) is 1.00. The standard InChI is InChI=1S/C7H15FN2/c1-5(2)10-7-4-9-3-6(7)8/h5-7,9-10H,3-4H2,1-2H3/t6-,7+/m1/s1. The van der Waals surface area contributed by atoms with E-state index in [1.165, 1.54) is 0 Å². The Bertz CT molecular complexity index is 106. The zero-order chi connectivity index (χ0) is 7.56. The maximum Gasteiger partial charge on any atom is 0.129 e. The molecule has 0 radical (unpaired) electrons. The summed E-state index contributed by atoms with van der Waals surface area (Å²) in [5.41, 5.74) is 0. The first-order chi connectivity index (χ1) is 4.70. The van der Waals surface area contributed by atoms with E-state index in [2.05, 4.69) is 10.6 Å². The molecule has 1 saturated heterocycles. The maximum absolute atomic E-state index is 12.8. The average molecular weight is 146 g/mol. The van der Waals surface area contributed by atoms with Crippen molar-refractivity contribution >= 4 is 0 Å². The van der Waals surface area contributed by atoms with Crippen LogP contribution in [0.25, 0.3) is 0 Å². The second-order valence-electron chi connectivity index (χ2n) is 3.10. The van der Waals surface area contributed by atoms with E-state index in [-0.39, 0.29) is 6.04 Å². The van der Waals surface area contributed by atoms with Crippen LogP contribution < -0.4 is 10.6 Å². The highest BCUT2D eigenvalue weighted by atomic mass is 19.1. The van der Waals surface area contributed by atoms with Crippen LogP contribution in [-0.2, 0) is 0 Å². The summed E-state index contributed by atoms with van der Waals surface area (Å²) in [7, 11) is 0. The summed E-state index contributed by atoms with van der Waals surface area (Å²) in [5.74, 6) is 0. The fourth-order valence-electron chi connectivity index (χ4n) is 1.24. The maximum atomic E-state index is 12.8. The summed E-state index contributed by atoms with van der Waals surface area (Å²) in [4.78, 5) is 0. The van der Waals surface area contributed by atoms with Gasteiger partial charge in [0.05, 0.1) is 6.04 Å². The van der Waals surface area contributed by atoms with Crippen LogP contribution in [0, 0.1) is 0 Å². The summed E-state index contributed by atoms with van der Waals surface area (Å²) in [6, 6.07) is 0.406. The third-order valence-corrected chi connectivity index (χ3v) is 1.69. The zero-order valence-corrected chi connectivity index (χ0v) is 6.52. The van der Waals surface area contributed by atoms with Crippen molar-refractivity contribution in [2.24, 2.45) is 0 Å². The minimum absolute atomic E-state index is 0.0278. The van der Waals surface area contributed by atoms with Crippen molar-refractivity contribution in [2.45, 2.75) is 32.1 Å². The molecular weight excluding hydrogens is 131 g/mol. The topological polar surface area (TPSA) is 24.1 Å². The molecule has 1 heterocycles. The smallest absolute Gasteiger partial charge is 0.129 e. The number of hydrogen-bond donors (Lipinski definition) is 2. The van der Waals surface area contributed by atoms with Crippen LogP contribution in [0.5, 0.6) is 0 Å².